The van der Waals surface area contributed by atoms with Gasteiger partial charge in [0.2, 0.25) is 5.91 Å². The number of anilines is 1. The molecule has 2 aromatic carbocycles. The second-order valence-corrected chi connectivity index (χ2v) is 6.97. The number of hydrogen-bond donors (Lipinski definition) is 2. The van der Waals surface area contributed by atoms with Crippen LogP contribution in [-0.4, -0.2) is 35.1 Å². The van der Waals surface area contributed by atoms with Crippen molar-refractivity contribution in [2.75, 3.05) is 11.9 Å². The first-order chi connectivity index (χ1) is 14.2. The molecule has 156 valence electrons. The van der Waals surface area contributed by atoms with Gasteiger partial charge in [0.25, 0.3) is 5.91 Å². The molecule has 1 unspecified atom stereocenters. The molecule has 1 atom stereocenters. The summed E-state index contributed by atoms with van der Waals surface area (Å²) >= 11 is 0. The lowest BCUT2D eigenvalue weighted by Gasteiger charge is -2.22. The molecule has 7 nitrogen and oxygen atoms in total. The number of imide groups is 1. The average Bonchev–Trinajstić information content (AvgIpc) is 2.94. The molecule has 30 heavy (non-hydrogen) atoms. The number of hydrogen-bond acceptors (Lipinski definition) is 4. The van der Waals surface area contributed by atoms with Gasteiger partial charge in [-0.05, 0) is 49.4 Å². The SMILES string of the molecule is CCC(=O)Nc1ccc(C(=O)CN2C(=O)NC(C)(c3cc(F)ccc3F)C2=O)cc1. The van der Waals surface area contributed by atoms with E-state index in [-0.39, 0.29) is 17.0 Å². The summed E-state index contributed by atoms with van der Waals surface area (Å²) in [7, 11) is 0. The molecule has 0 aromatic heterocycles. The maximum absolute atomic E-state index is 14.2. The Balaban J connectivity index is 1.78. The zero-order valence-electron chi connectivity index (χ0n) is 16.3. The Kier molecular flexibility index (Phi) is 5.64. The van der Waals surface area contributed by atoms with E-state index >= 15 is 0 Å². The summed E-state index contributed by atoms with van der Waals surface area (Å²) in [5, 5.41) is 4.98. The normalized spacial score (nSPS) is 18.3. The van der Waals surface area contributed by atoms with Crippen molar-refractivity contribution in [3.63, 3.8) is 0 Å². The van der Waals surface area contributed by atoms with E-state index in [4.69, 9.17) is 0 Å². The fourth-order valence-electron chi connectivity index (χ4n) is 3.13. The summed E-state index contributed by atoms with van der Waals surface area (Å²) in [5.41, 5.74) is -1.44. The number of rotatable bonds is 6. The number of amides is 4. The first-order valence-electron chi connectivity index (χ1n) is 9.18. The first kappa shape index (κ1) is 21.1. The van der Waals surface area contributed by atoms with E-state index in [1.807, 2.05) is 0 Å². The lowest BCUT2D eigenvalue weighted by Crippen LogP contribution is -2.42. The number of halogens is 2. The third-order valence-electron chi connectivity index (χ3n) is 4.86. The van der Waals surface area contributed by atoms with E-state index < -0.39 is 41.4 Å². The van der Waals surface area contributed by atoms with E-state index in [1.54, 1.807) is 6.92 Å². The Morgan fingerprint density at radius 1 is 1.10 bits per heavy atom. The maximum atomic E-state index is 14.2. The Hall–Kier alpha value is -3.62. The standard InChI is InChI=1S/C21H19F2N3O4/c1-3-18(28)24-14-7-4-12(5-8-14)17(27)11-26-19(29)21(2,25-20(26)30)15-10-13(22)6-9-16(15)23/h4-10H,3,11H2,1-2H3,(H,24,28)(H,25,30). The fraction of sp³-hybridized carbons (Fsp3) is 0.238. The number of carbonyl (C=O) groups is 4. The number of carbonyl (C=O) groups excluding carboxylic acids is 4. The molecule has 3 rings (SSSR count). The highest BCUT2D eigenvalue weighted by Gasteiger charge is 2.50. The maximum Gasteiger partial charge on any atom is 0.325 e. The van der Waals surface area contributed by atoms with Gasteiger partial charge in [-0.2, -0.15) is 0 Å². The van der Waals surface area contributed by atoms with Crippen LogP contribution in [0.1, 0.15) is 36.2 Å². The van der Waals surface area contributed by atoms with Crippen LogP contribution in [0.3, 0.4) is 0 Å². The van der Waals surface area contributed by atoms with Gasteiger partial charge < -0.3 is 10.6 Å². The van der Waals surface area contributed by atoms with Crippen LogP contribution in [0.5, 0.6) is 0 Å². The van der Waals surface area contributed by atoms with Crippen LogP contribution in [0.15, 0.2) is 42.5 Å². The molecule has 2 aromatic rings. The Morgan fingerprint density at radius 3 is 2.40 bits per heavy atom. The van der Waals surface area contributed by atoms with Gasteiger partial charge in [-0.3, -0.25) is 19.3 Å². The second kappa shape index (κ2) is 8.02. The lowest BCUT2D eigenvalue weighted by atomic mass is 9.91. The van der Waals surface area contributed by atoms with Crippen LogP contribution >= 0.6 is 0 Å². The predicted octanol–water partition coefficient (Wildman–Crippen LogP) is 2.96. The van der Waals surface area contributed by atoms with Crippen molar-refractivity contribution in [1.82, 2.24) is 10.2 Å². The van der Waals surface area contributed by atoms with Crippen molar-refractivity contribution < 1.29 is 28.0 Å². The molecule has 9 heteroatoms. The Morgan fingerprint density at radius 2 is 1.77 bits per heavy atom. The number of benzene rings is 2. The van der Waals surface area contributed by atoms with Crippen LogP contribution in [0.2, 0.25) is 0 Å². The van der Waals surface area contributed by atoms with E-state index in [9.17, 15) is 28.0 Å². The van der Waals surface area contributed by atoms with Crippen LogP contribution in [0.4, 0.5) is 19.3 Å². The van der Waals surface area contributed by atoms with Gasteiger partial charge in [-0.1, -0.05) is 6.92 Å². The molecule has 1 saturated heterocycles. The molecule has 1 fully saturated rings. The van der Waals surface area contributed by atoms with Crippen molar-refractivity contribution >= 4 is 29.3 Å². The fourth-order valence-corrected chi connectivity index (χ4v) is 3.13. The summed E-state index contributed by atoms with van der Waals surface area (Å²) in [5.74, 6) is -3.20. The van der Waals surface area contributed by atoms with Gasteiger partial charge >= 0.3 is 6.03 Å². The van der Waals surface area contributed by atoms with Crippen LogP contribution in [0.25, 0.3) is 0 Å². The van der Waals surface area contributed by atoms with Gasteiger partial charge in [0.15, 0.2) is 5.78 Å². The molecule has 0 saturated carbocycles. The summed E-state index contributed by atoms with van der Waals surface area (Å²) < 4.78 is 27.8. The van der Waals surface area contributed by atoms with Crippen molar-refractivity contribution in [2.45, 2.75) is 25.8 Å². The summed E-state index contributed by atoms with van der Waals surface area (Å²) in [4.78, 5) is 49.8. The highest BCUT2D eigenvalue weighted by atomic mass is 19.1. The van der Waals surface area contributed by atoms with E-state index in [2.05, 4.69) is 10.6 Å². The summed E-state index contributed by atoms with van der Waals surface area (Å²) in [6.07, 6.45) is 0.303. The zero-order chi connectivity index (χ0) is 22.1. The zero-order valence-corrected chi connectivity index (χ0v) is 16.3. The molecule has 1 aliphatic rings. The van der Waals surface area contributed by atoms with Gasteiger partial charge in [-0.15, -0.1) is 0 Å². The molecule has 4 amide bonds. The highest BCUT2D eigenvalue weighted by Crippen LogP contribution is 2.31. The van der Waals surface area contributed by atoms with E-state index in [0.717, 1.165) is 18.2 Å². The monoisotopic (exact) mass is 415 g/mol. The van der Waals surface area contributed by atoms with Crippen molar-refractivity contribution in [2.24, 2.45) is 0 Å². The molecule has 1 heterocycles. The average molecular weight is 415 g/mol. The van der Waals surface area contributed by atoms with Gasteiger partial charge in [0, 0.05) is 23.2 Å². The minimum Gasteiger partial charge on any atom is -0.326 e. The molecule has 2 N–H and O–H groups in total. The number of Topliss-reactive ketones (excluding diaryl/α,β-unsaturated/α-hetero) is 1. The molecule has 0 bridgehead atoms. The third-order valence-corrected chi connectivity index (χ3v) is 4.86. The number of urea groups is 1. The summed E-state index contributed by atoms with van der Waals surface area (Å²) in [6, 6.07) is 7.68. The highest BCUT2D eigenvalue weighted by molar-refractivity contribution is 6.11. The number of nitrogens with zero attached hydrogens (tertiary/aromatic N) is 1. The number of ketones is 1. The smallest absolute Gasteiger partial charge is 0.325 e. The van der Waals surface area contributed by atoms with E-state index in [0.29, 0.717) is 17.0 Å². The minimum atomic E-state index is -1.84. The van der Waals surface area contributed by atoms with Crippen LogP contribution < -0.4 is 10.6 Å². The van der Waals surface area contributed by atoms with Crippen LogP contribution in [0, 0.1) is 11.6 Å². The third kappa shape index (κ3) is 3.91. The predicted molar refractivity (Wildman–Crippen MR) is 104 cm³/mol. The molecular weight excluding hydrogens is 396 g/mol. The quantitative estimate of drug-likeness (QED) is 0.560. The molecular formula is C21H19F2N3O4. The number of nitrogens with one attached hydrogen (secondary N) is 2. The van der Waals surface area contributed by atoms with Gasteiger partial charge in [0.1, 0.15) is 17.2 Å². The first-order valence-corrected chi connectivity index (χ1v) is 9.18. The minimum absolute atomic E-state index is 0.183. The van der Waals surface area contributed by atoms with Gasteiger partial charge in [-0.25, -0.2) is 13.6 Å². The largest absolute Gasteiger partial charge is 0.326 e. The molecule has 0 spiro atoms. The molecule has 0 aliphatic carbocycles. The lowest BCUT2D eigenvalue weighted by molar-refractivity contribution is -0.130. The van der Waals surface area contributed by atoms with Crippen molar-refractivity contribution in [3.05, 3.63) is 65.2 Å². The van der Waals surface area contributed by atoms with Crippen molar-refractivity contribution in [3.8, 4) is 0 Å². The van der Waals surface area contributed by atoms with Crippen LogP contribution in [-0.2, 0) is 15.1 Å². The second-order valence-electron chi connectivity index (χ2n) is 6.97. The Labute approximate surface area is 171 Å². The Bertz CT molecular complexity index is 1040. The molecule has 0 radical (unpaired) electrons. The summed E-state index contributed by atoms with van der Waals surface area (Å²) in [6.45, 7) is 2.38. The van der Waals surface area contributed by atoms with Crippen molar-refractivity contribution in [1.29, 1.82) is 0 Å². The molecule has 1 aliphatic heterocycles. The van der Waals surface area contributed by atoms with Gasteiger partial charge in [0.05, 0.1) is 6.54 Å². The van der Waals surface area contributed by atoms with E-state index in [1.165, 1.54) is 31.2 Å². The topological polar surface area (TPSA) is 95.6 Å².